The molecule has 4 heteroatoms. The normalized spacial score (nSPS) is 11.8. The number of halogens is 1. The third-order valence-electron chi connectivity index (χ3n) is 2.87. The molecule has 0 amide bonds. The maximum atomic E-state index is 12.8. The third-order valence-corrected chi connectivity index (χ3v) is 2.87. The second kappa shape index (κ2) is 6.19. The number of carbonyl (C=O) groups is 1. The Morgan fingerprint density at radius 3 is 2.10 bits per heavy atom. The fraction of sp³-hybridized carbons (Fsp3) is 0.188. The number of ketones is 1. The summed E-state index contributed by atoms with van der Waals surface area (Å²) in [5.41, 5.74) is 0.424. The first-order valence-electron chi connectivity index (χ1n) is 6.20. The van der Waals surface area contributed by atoms with Gasteiger partial charge in [-0.1, -0.05) is 0 Å². The van der Waals surface area contributed by atoms with E-state index in [9.17, 15) is 9.18 Å². The Morgan fingerprint density at radius 1 is 1.00 bits per heavy atom. The summed E-state index contributed by atoms with van der Waals surface area (Å²) in [6.45, 7) is 1.66. The van der Waals surface area contributed by atoms with E-state index in [-0.39, 0.29) is 11.6 Å². The highest BCUT2D eigenvalue weighted by molar-refractivity contribution is 5.99. The molecule has 0 radical (unpaired) electrons. The first-order valence-corrected chi connectivity index (χ1v) is 6.20. The Kier molecular flexibility index (Phi) is 4.35. The highest BCUT2D eigenvalue weighted by Gasteiger charge is 2.16. The molecular formula is C16H15FO3. The molecule has 0 saturated carbocycles. The maximum Gasteiger partial charge on any atom is 0.202 e. The topological polar surface area (TPSA) is 35.5 Å². The van der Waals surface area contributed by atoms with Gasteiger partial charge in [0.2, 0.25) is 5.78 Å². The van der Waals surface area contributed by atoms with Gasteiger partial charge in [-0.25, -0.2) is 4.39 Å². The van der Waals surface area contributed by atoms with Crippen LogP contribution in [0.15, 0.2) is 48.5 Å². The minimum absolute atomic E-state index is 0.194. The predicted molar refractivity (Wildman–Crippen MR) is 73.8 cm³/mol. The molecule has 1 atom stereocenters. The van der Waals surface area contributed by atoms with Crippen molar-refractivity contribution in [3.05, 3.63) is 59.9 Å². The molecule has 20 heavy (non-hydrogen) atoms. The molecule has 0 fully saturated rings. The number of ether oxygens (including phenoxy) is 2. The lowest BCUT2D eigenvalue weighted by atomic mass is 10.1. The van der Waals surface area contributed by atoms with Gasteiger partial charge in [-0.2, -0.15) is 0 Å². The van der Waals surface area contributed by atoms with Crippen LogP contribution in [0.4, 0.5) is 4.39 Å². The molecule has 0 spiro atoms. The molecule has 0 aliphatic heterocycles. The van der Waals surface area contributed by atoms with E-state index in [2.05, 4.69) is 0 Å². The van der Waals surface area contributed by atoms with Crippen LogP contribution in [0, 0.1) is 5.82 Å². The van der Waals surface area contributed by atoms with Gasteiger partial charge < -0.3 is 9.47 Å². The maximum absolute atomic E-state index is 12.8. The van der Waals surface area contributed by atoms with Gasteiger partial charge in [0.1, 0.15) is 17.3 Å². The van der Waals surface area contributed by atoms with Crippen LogP contribution in [-0.4, -0.2) is 19.0 Å². The number of hydrogen-bond donors (Lipinski definition) is 0. The van der Waals surface area contributed by atoms with Crippen LogP contribution < -0.4 is 9.47 Å². The predicted octanol–water partition coefficient (Wildman–Crippen LogP) is 3.48. The lowest BCUT2D eigenvalue weighted by Crippen LogP contribution is -2.23. The molecule has 0 saturated heterocycles. The highest BCUT2D eigenvalue weighted by atomic mass is 19.1. The van der Waals surface area contributed by atoms with Crippen molar-refractivity contribution in [3.63, 3.8) is 0 Å². The second-order valence-corrected chi connectivity index (χ2v) is 4.31. The minimum atomic E-state index is -0.645. The van der Waals surface area contributed by atoms with Crippen molar-refractivity contribution < 1.29 is 18.7 Å². The van der Waals surface area contributed by atoms with Gasteiger partial charge in [-0.05, 0) is 55.5 Å². The Bertz CT molecular complexity index is 576. The van der Waals surface area contributed by atoms with Crippen LogP contribution in [0.5, 0.6) is 11.5 Å². The summed E-state index contributed by atoms with van der Waals surface area (Å²) in [4.78, 5) is 12.1. The number of methoxy groups -OCH3 is 1. The van der Waals surface area contributed by atoms with Gasteiger partial charge in [0, 0.05) is 5.56 Å². The summed E-state index contributed by atoms with van der Waals surface area (Å²) in [7, 11) is 1.58. The Balaban J connectivity index is 2.04. The summed E-state index contributed by atoms with van der Waals surface area (Å²) in [6, 6.07) is 12.4. The van der Waals surface area contributed by atoms with Crippen molar-refractivity contribution >= 4 is 5.78 Å². The summed E-state index contributed by atoms with van der Waals surface area (Å²) in [6.07, 6.45) is -0.645. The monoisotopic (exact) mass is 274 g/mol. The molecule has 0 aliphatic carbocycles. The molecular weight excluding hydrogens is 259 g/mol. The van der Waals surface area contributed by atoms with Gasteiger partial charge in [0.15, 0.2) is 6.10 Å². The second-order valence-electron chi connectivity index (χ2n) is 4.31. The van der Waals surface area contributed by atoms with Gasteiger partial charge >= 0.3 is 0 Å². The summed E-state index contributed by atoms with van der Waals surface area (Å²) >= 11 is 0. The van der Waals surface area contributed by atoms with Crippen molar-refractivity contribution in [1.29, 1.82) is 0 Å². The van der Waals surface area contributed by atoms with Crippen LogP contribution in [0.3, 0.4) is 0 Å². The van der Waals surface area contributed by atoms with Gasteiger partial charge in [-0.3, -0.25) is 4.79 Å². The lowest BCUT2D eigenvalue weighted by molar-refractivity contribution is 0.0818. The molecule has 104 valence electrons. The van der Waals surface area contributed by atoms with Crippen molar-refractivity contribution in [2.24, 2.45) is 0 Å². The lowest BCUT2D eigenvalue weighted by Gasteiger charge is -2.14. The first-order chi connectivity index (χ1) is 9.60. The molecule has 0 bridgehead atoms. The molecule has 0 aliphatic rings. The molecule has 0 aromatic heterocycles. The zero-order valence-corrected chi connectivity index (χ0v) is 11.3. The van der Waals surface area contributed by atoms with Crippen molar-refractivity contribution in [2.75, 3.05) is 7.11 Å². The Labute approximate surface area is 117 Å². The number of rotatable bonds is 5. The standard InChI is InChI=1S/C16H15FO3/c1-11(16(18)12-3-5-13(17)6-4-12)20-15-9-7-14(19-2)8-10-15/h3-11H,1-2H3. The SMILES string of the molecule is COc1ccc(OC(C)C(=O)c2ccc(F)cc2)cc1. The van der Waals surface area contributed by atoms with Gasteiger partial charge in [0.05, 0.1) is 7.11 Å². The molecule has 2 rings (SSSR count). The summed E-state index contributed by atoms with van der Waals surface area (Å²) < 4.78 is 23.4. The first kappa shape index (κ1) is 14.1. The van der Waals surface area contributed by atoms with Gasteiger partial charge in [-0.15, -0.1) is 0 Å². The molecule has 2 aromatic carbocycles. The number of benzene rings is 2. The van der Waals surface area contributed by atoms with E-state index in [1.165, 1.54) is 24.3 Å². The molecule has 0 N–H and O–H groups in total. The van der Waals surface area contributed by atoms with E-state index in [1.54, 1.807) is 38.3 Å². The van der Waals surface area contributed by atoms with E-state index in [0.717, 1.165) is 5.75 Å². The zero-order valence-electron chi connectivity index (χ0n) is 11.3. The summed E-state index contributed by atoms with van der Waals surface area (Å²) in [5.74, 6) is 0.731. The van der Waals surface area contributed by atoms with Crippen LogP contribution in [0.1, 0.15) is 17.3 Å². The van der Waals surface area contributed by atoms with Crippen molar-refractivity contribution in [2.45, 2.75) is 13.0 Å². The van der Waals surface area contributed by atoms with Crippen LogP contribution in [0.25, 0.3) is 0 Å². The average Bonchev–Trinajstić information content (AvgIpc) is 2.48. The quantitative estimate of drug-likeness (QED) is 0.783. The fourth-order valence-corrected chi connectivity index (χ4v) is 1.76. The molecule has 3 nitrogen and oxygen atoms in total. The Morgan fingerprint density at radius 2 is 1.55 bits per heavy atom. The van der Waals surface area contributed by atoms with Crippen molar-refractivity contribution in [3.8, 4) is 11.5 Å². The number of Topliss-reactive ketones (excluding diaryl/α,β-unsaturated/α-hetero) is 1. The molecule has 0 heterocycles. The highest BCUT2D eigenvalue weighted by Crippen LogP contribution is 2.19. The molecule has 2 aromatic rings. The fourth-order valence-electron chi connectivity index (χ4n) is 1.76. The number of hydrogen-bond acceptors (Lipinski definition) is 3. The van der Waals surface area contributed by atoms with E-state index in [1.807, 2.05) is 0 Å². The van der Waals surface area contributed by atoms with E-state index in [0.29, 0.717) is 11.3 Å². The Hall–Kier alpha value is -2.36. The smallest absolute Gasteiger partial charge is 0.202 e. The largest absolute Gasteiger partial charge is 0.497 e. The zero-order chi connectivity index (χ0) is 14.5. The van der Waals surface area contributed by atoms with Crippen molar-refractivity contribution in [1.82, 2.24) is 0 Å². The van der Waals surface area contributed by atoms with Crippen LogP contribution >= 0.6 is 0 Å². The summed E-state index contributed by atoms with van der Waals surface area (Å²) in [5, 5.41) is 0. The van der Waals surface area contributed by atoms with E-state index in [4.69, 9.17) is 9.47 Å². The van der Waals surface area contributed by atoms with Crippen LogP contribution in [0.2, 0.25) is 0 Å². The van der Waals surface area contributed by atoms with E-state index < -0.39 is 6.10 Å². The van der Waals surface area contributed by atoms with Gasteiger partial charge in [0.25, 0.3) is 0 Å². The minimum Gasteiger partial charge on any atom is -0.497 e. The van der Waals surface area contributed by atoms with Crippen LogP contribution in [-0.2, 0) is 0 Å². The third kappa shape index (κ3) is 3.35. The number of carbonyl (C=O) groups excluding carboxylic acids is 1. The average molecular weight is 274 g/mol. The molecule has 1 unspecified atom stereocenters. The van der Waals surface area contributed by atoms with E-state index >= 15 is 0 Å².